The van der Waals surface area contributed by atoms with Crippen LogP contribution in [0.5, 0.6) is 0 Å². The highest BCUT2D eigenvalue weighted by atomic mass is 16.5. The van der Waals surface area contributed by atoms with Gasteiger partial charge in [-0.2, -0.15) is 0 Å². The molecule has 0 radical (unpaired) electrons. The number of nitrogens with one attached hydrogen (secondary N) is 2. The van der Waals surface area contributed by atoms with Crippen LogP contribution in [0.15, 0.2) is 0 Å². The van der Waals surface area contributed by atoms with Crippen LogP contribution in [0.2, 0.25) is 0 Å². The van der Waals surface area contributed by atoms with E-state index in [2.05, 4.69) is 17.6 Å². The van der Waals surface area contributed by atoms with E-state index in [0.717, 1.165) is 32.5 Å². The van der Waals surface area contributed by atoms with Crippen molar-refractivity contribution in [1.82, 2.24) is 10.6 Å². The molecule has 2 N–H and O–H groups in total. The molecule has 1 heterocycles. The van der Waals surface area contributed by atoms with Gasteiger partial charge in [0.25, 0.3) is 0 Å². The van der Waals surface area contributed by atoms with E-state index < -0.39 is 0 Å². The number of carbonyl (C=O) groups is 1. The molecule has 2 fully saturated rings. The molecule has 0 aromatic heterocycles. The van der Waals surface area contributed by atoms with E-state index in [9.17, 15) is 4.79 Å². The number of carbonyl (C=O) groups excluding carboxylic acids is 1. The smallest absolute Gasteiger partial charge is 0.228 e. The highest BCUT2D eigenvalue weighted by Crippen LogP contribution is 2.40. The molecular weight excluding hydrogens is 252 g/mol. The predicted octanol–water partition coefficient (Wildman–Crippen LogP) is 2.09. The fraction of sp³-hybridized carbons (Fsp3) is 0.938. The summed E-state index contributed by atoms with van der Waals surface area (Å²) >= 11 is 0. The Morgan fingerprint density at radius 1 is 1.20 bits per heavy atom. The number of amides is 1. The summed E-state index contributed by atoms with van der Waals surface area (Å²) < 4.78 is 5.34. The number of hydrogen-bond donors (Lipinski definition) is 2. The van der Waals surface area contributed by atoms with Crippen LogP contribution in [0.3, 0.4) is 0 Å². The van der Waals surface area contributed by atoms with Crippen molar-refractivity contribution in [1.29, 1.82) is 0 Å². The number of methoxy groups -OCH3 is 1. The molecule has 2 rings (SSSR count). The third kappa shape index (κ3) is 3.34. The van der Waals surface area contributed by atoms with Gasteiger partial charge in [0, 0.05) is 13.7 Å². The summed E-state index contributed by atoms with van der Waals surface area (Å²) in [7, 11) is 1.70. The fourth-order valence-corrected chi connectivity index (χ4v) is 3.85. The van der Waals surface area contributed by atoms with Gasteiger partial charge in [-0.05, 0) is 50.6 Å². The normalized spacial score (nSPS) is 24.5. The van der Waals surface area contributed by atoms with Gasteiger partial charge in [0.2, 0.25) is 5.91 Å². The van der Waals surface area contributed by atoms with Crippen LogP contribution in [0.4, 0.5) is 0 Å². The predicted molar refractivity (Wildman–Crippen MR) is 80.6 cm³/mol. The van der Waals surface area contributed by atoms with Gasteiger partial charge in [0.15, 0.2) is 0 Å². The molecular formula is C16H30N2O2. The van der Waals surface area contributed by atoms with Gasteiger partial charge in [0.1, 0.15) is 0 Å². The van der Waals surface area contributed by atoms with Crippen molar-refractivity contribution in [2.75, 3.05) is 33.4 Å². The van der Waals surface area contributed by atoms with Crippen LogP contribution in [0, 0.1) is 10.8 Å². The van der Waals surface area contributed by atoms with E-state index in [1.807, 2.05) is 0 Å². The third-order valence-electron chi connectivity index (χ3n) is 5.50. The monoisotopic (exact) mass is 282 g/mol. The number of hydrogen-bond acceptors (Lipinski definition) is 3. The molecule has 0 aromatic rings. The van der Waals surface area contributed by atoms with E-state index in [1.54, 1.807) is 7.11 Å². The number of piperidine rings is 1. The Morgan fingerprint density at radius 3 is 2.40 bits per heavy atom. The maximum absolute atomic E-state index is 12.7. The highest BCUT2D eigenvalue weighted by Gasteiger charge is 2.41. The Kier molecular flexibility index (Phi) is 5.44. The fourth-order valence-electron chi connectivity index (χ4n) is 3.85. The van der Waals surface area contributed by atoms with Crippen LogP contribution in [-0.4, -0.2) is 39.3 Å². The zero-order valence-electron chi connectivity index (χ0n) is 13.1. The quantitative estimate of drug-likeness (QED) is 0.784. The van der Waals surface area contributed by atoms with E-state index >= 15 is 0 Å². The van der Waals surface area contributed by atoms with Gasteiger partial charge >= 0.3 is 0 Å². The van der Waals surface area contributed by atoms with Crippen molar-refractivity contribution < 1.29 is 9.53 Å². The molecule has 0 atom stereocenters. The summed E-state index contributed by atoms with van der Waals surface area (Å²) in [4.78, 5) is 12.7. The highest BCUT2D eigenvalue weighted by molar-refractivity contribution is 5.83. The zero-order valence-corrected chi connectivity index (χ0v) is 13.1. The summed E-state index contributed by atoms with van der Waals surface area (Å²) in [6.07, 6.45) is 8.10. The lowest BCUT2D eigenvalue weighted by Crippen LogP contribution is -2.51. The molecule has 0 aromatic carbocycles. The van der Waals surface area contributed by atoms with Crippen molar-refractivity contribution in [3.8, 4) is 0 Å². The molecule has 0 spiro atoms. The van der Waals surface area contributed by atoms with E-state index in [1.165, 1.54) is 32.1 Å². The minimum absolute atomic E-state index is 0.209. The molecule has 4 heteroatoms. The van der Waals surface area contributed by atoms with Crippen molar-refractivity contribution in [3.63, 3.8) is 0 Å². The molecule has 1 amide bonds. The molecule has 1 aliphatic heterocycles. The van der Waals surface area contributed by atoms with Gasteiger partial charge in [-0.1, -0.05) is 19.8 Å². The molecule has 20 heavy (non-hydrogen) atoms. The van der Waals surface area contributed by atoms with Gasteiger partial charge in [0.05, 0.1) is 12.0 Å². The Morgan fingerprint density at radius 2 is 1.85 bits per heavy atom. The van der Waals surface area contributed by atoms with Crippen LogP contribution < -0.4 is 10.6 Å². The average molecular weight is 282 g/mol. The SMILES string of the molecule is CCC1(CNC(=O)C2(COC)CCNCC2)CCCC1. The minimum atomic E-state index is -0.312. The lowest BCUT2D eigenvalue weighted by atomic mass is 9.77. The molecule has 116 valence electrons. The molecule has 0 bridgehead atoms. The standard InChI is InChI=1S/C16H30N2O2/c1-3-15(6-4-5-7-15)12-18-14(19)16(13-20-2)8-10-17-11-9-16/h17H,3-13H2,1-2H3,(H,18,19). The first-order chi connectivity index (χ1) is 9.66. The molecule has 1 aliphatic carbocycles. The van der Waals surface area contributed by atoms with Gasteiger partial charge < -0.3 is 15.4 Å². The van der Waals surface area contributed by atoms with Crippen LogP contribution >= 0.6 is 0 Å². The Bertz CT molecular complexity index is 313. The first-order valence-corrected chi connectivity index (χ1v) is 8.14. The van der Waals surface area contributed by atoms with Gasteiger partial charge in [-0.15, -0.1) is 0 Å². The summed E-state index contributed by atoms with van der Waals surface area (Å²) in [5.41, 5.74) is 0.0460. The molecule has 0 unspecified atom stereocenters. The van der Waals surface area contributed by atoms with Gasteiger partial charge in [-0.3, -0.25) is 4.79 Å². The Hall–Kier alpha value is -0.610. The molecule has 2 aliphatic rings. The van der Waals surface area contributed by atoms with Crippen LogP contribution in [-0.2, 0) is 9.53 Å². The van der Waals surface area contributed by atoms with E-state index in [0.29, 0.717) is 12.0 Å². The lowest BCUT2D eigenvalue weighted by Gasteiger charge is -2.37. The zero-order chi connectivity index (χ0) is 14.5. The first kappa shape index (κ1) is 15.8. The summed E-state index contributed by atoms with van der Waals surface area (Å²) in [5.74, 6) is 0.209. The van der Waals surface area contributed by atoms with Crippen LogP contribution in [0.1, 0.15) is 51.9 Å². The molecule has 1 saturated heterocycles. The van der Waals surface area contributed by atoms with Crippen molar-refractivity contribution in [2.24, 2.45) is 10.8 Å². The second-order valence-electron chi connectivity index (χ2n) is 6.71. The summed E-state index contributed by atoms with van der Waals surface area (Å²) in [5, 5.41) is 6.60. The van der Waals surface area contributed by atoms with E-state index in [4.69, 9.17) is 4.74 Å². The first-order valence-electron chi connectivity index (χ1n) is 8.14. The maximum Gasteiger partial charge on any atom is 0.228 e. The van der Waals surface area contributed by atoms with Crippen molar-refractivity contribution in [2.45, 2.75) is 51.9 Å². The minimum Gasteiger partial charge on any atom is -0.384 e. The topological polar surface area (TPSA) is 50.4 Å². The average Bonchev–Trinajstić information content (AvgIpc) is 2.95. The molecule has 4 nitrogen and oxygen atoms in total. The lowest BCUT2D eigenvalue weighted by molar-refractivity contribution is -0.136. The number of ether oxygens (including phenoxy) is 1. The van der Waals surface area contributed by atoms with Crippen LogP contribution in [0.25, 0.3) is 0 Å². The second-order valence-corrected chi connectivity index (χ2v) is 6.71. The number of rotatable bonds is 6. The third-order valence-corrected chi connectivity index (χ3v) is 5.50. The van der Waals surface area contributed by atoms with Crippen molar-refractivity contribution >= 4 is 5.91 Å². The van der Waals surface area contributed by atoms with Gasteiger partial charge in [-0.25, -0.2) is 0 Å². The molecule has 1 saturated carbocycles. The van der Waals surface area contributed by atoms with E-state index in [-0.39, 0.29) is 11.3 Å². The largest absolute Gasteiger partial charge is 0.384 e. The summed E-state index contributed by atoms with van der Waals surface area (Å²) in [6, 6.07) is 0. The second kappa shape index (κ2) is 6.90. The van der Waals surface area contributed by atoms with Crippen molar-refractivity contribution in [3.05, 3.63) is 0 Å². The maximum atomic E-state index is 12.7. The Balaban J connectivity index is 1.94. The Labute approximate surface area is 123 Å². The summed E-state index contributed by atoms with van der Waals surface area (Å²) in [6.45, 7) is 5.47.